The molecule has 0 aliphatic heterocycles. The zero-order valence-electron chi connectivity index (χ0n) is 9.96. The van der Waals surface area contributed by atoms with Gasteiger partial charge in [0.1, 0.15) is 17.7 Å². The fraction of sp³-hybridized carbons (Fsp3) is 0.143. The molecule has 0 spiro atoms. The Morgan fingerprint density at radius 3 is 2.05 bits per heavy atom. The molecule has 1 atom stereocenters. The fourth-order valence-electron chi connectivity index (χ4n) is 1.79. The molecule has 0 aliphatic rings. The molecule has 0 aromatic heterocycles. The van der Waals surface area contributed by atoms with Crippen molar-refractivity contribution in [3.63, 3.8) is 0 Å². The molecule has 106 valence electrons. The maximum absolute atomic E-state index is 13.6. The zero-order valence-corrected chi connectivity index (χ0v) is 9.96. The van der Waals surface area contributed by atoms with Gasteiger partial charge in [-0.15, -0.1) is 0 Å². The number of alkyl halides is 3. The first-order chi connectivity index (χ1) is 9.30. The van der Waals surface area contributed by atoms with E-state index in [1.54, 1.807) is 0 Å². The van der Waals surface area contributed by atoms with Crippen LogP contribution in [-0.2, 0) is 6.18 Å². The van der Waals surface area contributed by atoms with Crippen molar-refractivity contribution in [1.82, 2.24) is 0 Å². The molecule has 6 heteroatoms. The lowest BCUT2D eigenvalue weighted by molar-refractivity contribution is -0.137. The first-order valence-corrected chi connectivity index (χ1v) is 5.60. The summed E-state index contributed by atoms with van der Waals surface area (Å²) >= 11 is 0. The van der Waals surface area contributed by atoms with Crippen LogP contribution in [0.1, 0.15) is 22.8 Å². The predicted octanol–water partition coefficient (Wildman–Crippen LogP) is 4.07. The third-order valence-electron chi connectivity index (χ3n) is 2.82. The van der Waals surface area contributed by atoms with Crippen LogP contribution in [0.4, 0.5) is 22.0 Å². The lowest BCUT2D eigenvalue weighted by atomic mass is 9.98. The van der Waals surface area contributed by atoms with Gasteiger partial charge >= 0.3 is 6.18 Å². The van der Waals surface area contributed by atoms with Gasteiger partial charge in [0.25, 0.3) is 0 Å². The molecule has 0 aliphatic carbocycles. The van der Waals surface area contributed by atoms with Crippen molar-refractivity contribution in [2.24, 2.45) is 0 Å². The molecule has 1 N–H and O–H groups in total. The lowest BCUT2D eigenvalue weighted by Gasteiger charge is -2.15. The molecule has 0 saturated heterocycles. The third-order valence-corrected chi connectivity index (χ3v) is 2.82. The van der Waals surface area contributed by atoms with E-state index in [9.17, 15) is 27.1 Å². The van der Waals surface area contributed by atoms with Crippen LogP contribution in [0.25, 0.3) is 0 Å². The van der Waals surface area contributed by atoms with Crippen LogP contribution in [0.15, 0.2) is 42.5 Å². The van der Waals surface area contributed by atoms with Gasteiger partial charge in [0.15, 0.2) is 0 Å². The Labute approximate surface area is 111 Å². The smallest absolute Gasteiger partial charge is 0.383 e. The highest BCUT2D eigenvalue weighted by Crippen LogP contribution is 2.33. The summed E-state index contributed by atoms with van der Waals surface area (Å²) in [7, 11) is 0. The number of benzene rings is 2. The van der Waals surface area contributed by atoms with Gasteiger partial charge in [-0.05, 0) is 24.3 Å². The fourth-order valence-corrected chi connectivity index (χ4v) is 1.79. The standard InChI is InChI=1S/C14H9F5O/c15-11-4-2-1-3-9(11)13(20)10-7-8(14(17,18)19)5-6-12(10)16/h1-7,13,20H. The molecular weight excluding hydrogens is 279 g/mol. The minimum atomic E-state index is -4.67. The Hall–Kier alpha value is -1.95. The second-order valence-electron chi connectivity index (χ2n) is 4.16. The first-order valence-electron chi connectivity index (χ1n) is 5.60. The van der Waals surface area contributed by atoms with Gasteiger partial charge in [0.05, 0.1) is 5.56 Å². The van der Waals surface area contributed by atoms with E-state index in [0.717, 1.165) is 6.07 Å². The highest BCUT2D eigenvalue weighted by molar-refractivity contribution is 5.35. The predicted molar refractivity (Wildman–Crippen MR) is 61.9 cm³/mol. The normalized spacial score (nSPS) is 13.3. The van der Waals surface area contributed by atoms with Gasteiger partial charge in [-0.25, -0.2) is 8.78 Å². The summed E-state index contributed by atoms with van der Waals surface area (Å²) in [6, 6.07) is 6.60. The van der Waals surface area contributed by atoms with Crippen molar-refractivity contribution >= 4 is 0 Å². The highest BCUT2D eigenvalue weighted by atomic mass is 19.4. The van der Waals surface area contributed by atoms with E-state index in [1.807, 2.05) is 0 Å². The summed E-state index contributed by atoms with van der Waals surface area (Å²) in [6.07, 6.45) is -6.48. The van der Waals surface area contributed by atoms with Gasteiger partial charge in [-0.3, -0.25) is 0 Å². The highest BCUT2D eigenvalue weighted by Gasteiger charge is 2.32. The molecular formula is C14H9F5O. The summed E-state index contributed by atoms with van der Waals surface area (Å²) in [5.74, 6) is -1.86. The van der Waals surface area contributed by atoms with Crippen molar-refractivity contribution in [2.45, 2.75) is 12.3 Å². The van der Waals surface area contributed by atoms with Crippen LogP contribution in [0.2, 0.25) is 0 Å². The molecule has 0 heterocycles. The number of hydrogen-bond acceptors (Lipinski definition) is 1. The van der Waals surface area contributed by atoms with Crippen LogP contribution in [0, 0.1) is 11.6 Å². The van der Waals surface area contributed by atoms with E-state index in [-0.39, 0.29) is 5.56 Å². The average molecular weight is 288 g/mol. The molecule has 2 aromatic rings. The minimum Gasteiger partial charge on any atom is -0.383 e. The van der Waals surface area contributed by atoms with Crippen molar-refractivity contribution in [2.75, 3.05) is 0 Å². The molecule has 1 nitrogen and oxygen atoms in total. The summed E-state index contributed by atoms with van der Waals surface area (Å²) in [6.45, 7) is 0. The molecule has 0 saturated carbocycles. The van der Waals surface area contributed by atoms with Gasteiger partial charge in [0.2, 0.25) is 0 Å². The first kappa shape index (κ1) is 14.5. The molecule has 0 fully saturated rings. The van der Waals surface area contributed by atoms with Crippen molar-refractivity contribution in [1.29, 1.82) is 0 Å². The summed E-state index contributed by atoms with van der Waals surface area (Å²) < 4.78 is 64.8. The summed E-state index contributed by atoms with van der Waals surface area (Å²) in [4.78, 5) is 0. The van der Waals surface area contributed by atoms with E-state index in [2.05, 4.69) is 0 Å². The van der Waals surface area contributed by atoms with E-state index in [0.29, 0.717) is 18.2 Å². The quantitative estimate of drug-likeness (QED) is 0.826. The second kappa shape index (κ2) is 5.20. The molecule has 0 amide bonds. The van der Waals surface area contributed by atoms with E-state index >= 15 is 0 Å². The third kappa shape index (κ3) is 2.80. The van der Waals surface area contributed by atoms with Crippen molar-refractivity contribution < 1.29 is 27.1 Å². The molecule has 20 heavy (non-hydrogen) atoms. The van der Waals surface area contributed by atoms with Crippen LogP contribution in [0.5, 0.6) is 0 Å². The van der Waals surface area contributed by atoms with E-state index in [1.165, 1.54) is 18.2 Å². The van der Waals surface area contributed by atoms with Gasteiger partial charge in [-0.2, -0.15) is 13.2 Å². The number of aliphatic hydroxyl groups excluding tert-OH is 1. The van der Waals surface area contributed by atoms with Gasteiger partial charge in [-0.1, -0.05) is 18.2 Å². The largest absolute Gasteiger partial charge is 0.416 e. The lowest BCUT2D eigenvalue weighted by Crippen LogP contribution is -2.10. The van der Waals surface area contributed by atoms with Crippen LogP contribution in [-0.4, -0.2) is 5.11 Å². The molecule has 2 aromatic carbocycles. The second-order valence-corrected chi connectivity index (χ2v) is 4.16. The zero-order chi connectivity index (χ0) is 14.9. The number of aliphatic hydroxyl groups is 1. The molecule has 2 rings (SSSR count). The van der Waals surface area contributed by atoms with E-state index in [4.69, 9.17) is 0 Å². The SMILES string of the molecule is OC(c1ccccc1F)c1cc(C(F)(F)F)ccc1F. The van der Waals surface area contributed by atoms with Crippen molar-refractivity contribution in [3.8, 4) is 0 Å². The molecule has 0 radical (unpaired) electrons. The Kier molecular flexibility index (Phi) is 3.76. The Morgan fingerprint density at radius 1 is 0.850 bits per heavy atom. The maximum atomic E-state index is 13.6. The topological polar surface area (TPSA) is 20.2 Å². The molecule has 1 unspecified atom stereocenters. The van der Waals surface area contributed by atoms with Crippen LogP contribution in [0.3, 0.4) is 0 Å². The maximum Gasteiger partial charge on any atom is 0.416 e. The van der Waals surface area contributed by atoms with E-state index < -0.39 is 35.0 Å². The van der Waals surface area contributed by atoms with Crippen LogP contribution < -0.4 is 0 Å². The summed E-state index contributed by atoms with van der Waals surface area (Å²) in [5.41, 5.74) is -2.01. The van der Waals surface area contributed by atoms with Gasteiger partial charge in [0, 0.05) is 11.1 Å². The summed E-state index contributed by atoms with van der Waals surface area (Å²) in [5, 5.41) is 9.90. The molecule has 0 bridgehead atoms. The number of halogens is 5. The monoisotopic (exact) mass is 288 g/mol. The van der Waals surface area contributed by atoms with Crippen molar-refractivity contribution in [3.05, 3.63) is 70.8 Å². The minimum absolute atomic E-state index is 0.286. The van der Waals surface area contributed by atoms with Gasteiger partial charge < -0.3 is 5.11 Å². The van der Waals surface area contributed by atoms with Crippen LogP contribution >= 0.6 is 0 Å². The Bertz CT molecular complexity index is 621. The number of rotatable bonds is 2. The Morgan fingerprint density at radius 2 is 1.45 bits per heavy atom. The Balaban J connectivity index is 2.50. The number of hydrogen-bond donors (Lipinski definition) is 1. The average Bonchev–Trinajstić information content (AvgIpc) is 2.37.